The van der Waals surface area contributed by atoms with Crippen LogP contribution in [0.1, 0.15) is 48.0 Å². The van der Waals surface area contributed by atoms with Crippen LogP contribution in [0.3, 0.4) is 0 Å². The van der Waals surface area contributed by atoms with Gasteiger partial charge < -0.3 is 9.88 Å². The Morgan fingerprint density at radius 1 is 1.12 bits per heavy atom. The summed E-state index contributed by atoms with van der Waals surface area (Å²) >= 11 is 0. The van der Waals surface area contributed by atoms with Gasteiger partial charge in [0, 0.05) is 18.4 Å². The number of benzene rings is 1. The number of rotatable bonds is 6. The van der Waals surface area contributed by atoms with Crippen molar-refractivity contribution in [2.24, 2.45) is 5.92 Å². The van der Waals surface area contributed by atoms with Crippen LogP contribution < -0.4 is 10.7 Å². The molecule has 170 valence electrons. The summed E-state index contributed by atoms with van der Waals surface area (Å²) in [6, 6.07) is 9.68. The first kappa shape index (κ1) is 22.3. The Balaban J connectivity index is 1.72. The second-order valence-electron chi connectivity index (χ2n) is 8.47. The molecule has 0 bridgehead atoms. The number of hydrogen-bond donors (Lipinski definition) is 1. The van der Waals surface area contributed by atoms with Gasteiger partial charge in [-0.05, 0) is 50.5 Å². The van der Waals surface area contributed by atoms with E-state index >= 15 is 0 Å². The third-order valence-electron chi connectivity index (χ3n) is 5.52. The lowest BCUT2D eigenvalue weighted by atomic mass is 10.0. The van der Waals surface area contributed by atoms with Crippen LogP contribution in [-0.2, 0) is 6.54 Å². The molecule has 0 fully saturated rings. The Hall–Kier alpha value is -3.88. The summed E-state index contributed by atoms with van der Waals surface area (Å²) in [4.78, 5) is 44.1. The number of amides is 1. The minimum atomic E-state index is -0.871. The first-order chi connectivity index (χ1) is 15.8. The van der Waals surface area contributed by atoms with Gasteiger partial charge >= 0.3 is 0 Å². The highest BCUT2D eigenvalue weighted by Crippen LogP contribution is 2.15. The minimum absolute atomic E-state index is 0.0278. The Kier molecular flexibility index (Phi) is 6.04. The molecular weight excluding hydrogens is 420 g/mol. The van der Waals surface area contributed by atoms with E-state index in [4.69, 9.17) is 0 Å². The van der Waals surface area contributed by atoms with Gasteiger partial charge in [0.25, 0.3) is 11.8 Å². The van der Waals surface area contributed by atoms with Crippen LogP contribution in [0.4, 0.5) is 0 Å². The van der Waals surface area contributed by atoms with Gasteiger partial charge in [0.1, 0.15) is 22.8 Å². The lowest BCUT2D eigenvalue weighted by Crippen LogP contribution is -2.45. The molecule has 33 heavy (non-hydrogen) atoms. The second-order valence-corrected chi connectivity index (χ2v) is 8.47. The van der Waals surface area contributed by atoms with Crippen LogP contribution in [0.2, 0.25) is 0 Å². The Morgan fingerprint density at radius 2 is 1.88 bits per heavy atom. The standard InChI is InChI=1S/C24H26N6O3/c1-5-29-13-17(21(31)16-11-10-15(4)25-22(16)29)23(32)26-19(12-14(2)3)24(33)30-20-9-7-6-8-18(20)27-28-30/h6-11,13-14,19H,5,12H2,1-4H3,(H,26,32)/t19-/m0/s1. The third kappa shape index (κ3) is 4.26. The number of nitrogens with zero attached hydrogens (tertiary/aromatic N) is 5. The average molecular weight is 447 g/mol. The summed E-state index contributed by atoms with van der Waals surface area (Å²) in [5.74, 6) is -0.891. The van der Waals surface area contributed by atoms with Crippen LogP contribution in [0.25, 0.3) is 22.1 Å². The largest absolute Gasteiger partial charge is 0.340 e. The molecule has 0 spiro atoms. The van der Waals surface area contributed by atoms with E-state index < -0.39 is 23.3 Å². The molecule has 3 heterocycles. The summed E-state index contributed by atoms with van der Waals surface area (Å²) < 4.78 is 2.98. The van der Waals surface area contributed by atoms with E-state index in [1.165, 1.54) is 10.9 Å². The molecule has 0 saturated carbocycles. The zero-order valence-corrected chi connectivity index (χ0v) is 19.1. The van der Waals surface area contributed by atoms with Crippen LogP contribution in [0, 0.1) is 12.8 Å². The Bertz CT molecular complexity index is 1420. The SMILES string of the molecule is CCn1cc(C(=O)N[C@@H](CC(C)C)C(=O)n2nnc3ccccc32)c(=O)c2ccc(C)nc21. The summed E-state index contributed by atoms with van der Waals surface area (Å²) in [7, 11) is 0. The van der Waals surface area contributed by atoms with Crippen LogP contribution in [0.15, 0.2) is 47.4 Å². The smallest absolute Gasteiger partial charge is 0.271 e. The zero-order chi connectivity index (χ0) is 23.7. The number of aryl methyl sites for hydroxylation is 2. The lowest BCUT2D eigenvalue weighted by molar-refractivity contribution is 0.0780. The van der Waals surface area contributed by atoms with E-state index in [1.807, 2.05) is 33.8 Å². The molecule has 0 unspecified atom stereocenters. The highest BCUT2D eigenvalue weighted by atomic mass is 16.2. The number of fused-ring (bicyclic) bond motifs is 2. The zero-order valence-electron chi connectivity index (χ0n) is 19.1. The third-order valence-corrected chi connectivity index (χ3v) is 5.52. The highest BCUT2D eigenvalue weighted by Gasteiger charge is 2.27. The lowest BCUT2D eigenvalue weighted by Gasteiger charge is -2.20. The van der Waals surface area contributed by atoms with Gasteiger partial charge in [-0.1, -0.05) is 31.2 Å². The fraction of sp³-hybridized carbons (Fsp3) is 0.333. The van der Waals surface area contributed by atoms with Crippen LogP contribution >= 0.6 is 0 Å². The number of para-hydroxylation sites is 1. The Morgan fingerprint density at radius 3 is 2.61 bits per heavy atom. The first-order valence-corrected chi connectivity index (χ1v) is 11.0. The van der Waals surface area contributed by atoms with Gasteiger partial charge in [0.05, 0.1) is 10.9 Å². The fourth-order valence-electron chi connectivity index (χ4n) is 3.87. The van der Waals surface area contributed by atoms with E-state index in [-0.39, 0.29) is 11.5 Å². The fourth-order valence-corrected chi connectivity index (χ4v) is 3.87. The van der Waals surface area contributed by atoms with Gasteiger partial charge in [0.2, 0.25) is 5.43 Å². The molecular formula is C24H26N6O3. The maximum atomic E-state index is 13.3. The first-order valence-electron chi connectivity index (χ1n) is 11.0. The van der Waals surface area contributed by atoms with Gasteiger partial charge in [0.15, 0.2) is 0 Å². The molecule has 9 heteroatoms. The molecule has 4 aromatic rings. The number of pyridine rings is 2. The van der Waals surface area contributed by atoms with Crippen molar-refractivity contribution >= 4 is 33.9 Å². The summed E-state index contributed by atoms with van der Waals surface area (Å²) in [6.07, 6.45) is 1.89. The number of aromatic nitrogens is 5. The predicted molar refractivity (Wildman–Crippen MR) is 125 cm³/mol. The quantitative estimate of drug-likeness (QED) is 0.487. The molecule has 1 N–H and O–H groups in total. The molecule has 4 rings (SSSR count). The van der Waals surface area contributed by atoms with Crippen molar-refractivity contribution in [2.75, 3.05) is 0 Å². The van der Waals surface area contributed by atoms with E-state index in [1.54, 1.807) is 34.9 Å². The van der Waals surface area contributed by atoms with E-state index in [0.717, 1.165) is 5.69 Å². The van der Waals surface area contributed by atoms with Crippen molar-refractivity contribution in [3.63, 3.8) is 0 Å². The van der Waals surface area contributed by atoms with Crippen molar-refractivity contribution in [3.05, 3.63) is 64.1 Å². The molecule has 0 aliphatic heterocycles. The molecule has 0 radical (unpaired) electrons. The minimum Gasteiger partial charge on any atom is -0.340 e. The molecule has 1 aromatic carbocycles. The maximum absolute atomic E-state index is 13.3. The van der Waals surface area contributed by atoms with E-state index in [9.17, 15) is 14.4 Å². The molecule has 1 atom stereocenters. The van der Waals surface area contributed by atoms with Gasteiger partial charge in [-0.15, -0.1) is 5.10 Å². The summed E-state index contributed by atoms with van der Waals surface area (Å²) in [5, 5.41) is 11.2. The molecule has 1 amide bonds. The molecule has 0 aliphatic rings. The van der Waals surface area contributed by atoms with Gasteiger partial charge in [-0.25, -0.2) is 4.98 Å². The van der Waals surface area contributed by atoms with E-state index in [0.29, 0.717) is 35.0 Å². The van der Waals surface area contributed by atoms with Crippen molar-refractivity contribution < 1.29 is 9.59 Å². The Labute approximate surface area is 190 Å². The summed E-state index contributed by atoms with van der Waals surface area (Å²) in [6.45, 7) is 8.21. The number of hydrogen-bond acceptors (Lipinski definition) is 6. The van der Waals surface area contributed by atoms with Crippen molar-refractivity contribution in [3.8, 4) is 0 Å². The predicted octanol–water partition coefficient (Wildman–Crippen LogP) is 2.95. The van der Waals surface area contributed by atoms with Crippen LogP contribution in [0.5, 0.6) is 0 Å². The summed E-state index contributed by atoms with van der Waals surface area (Å²) in [5.41, 5.74) is 2.02. The maximum Gasteiger partial charge on any atom is 0.271 e. The number of carbonyl (C=O) groups excluding carboxylic acids is 2. The molecule has 9 nitrogen and oxygen atoms in total. The number of nitrogens with one attached hydrogen (secondary N) is 1. The topological polar surface area (TPSA) is 112 Å². The van der Waals surface area contributed by atoms with Crippen molar-refractivity contribution in [1.82, 2.24) is 29.9 Å². The van der Waals surface area contributed by atoms with Gasteiger partial charge in [-0.3, -0.25) is 14.4 Å². The van der Waals surface area contributed by atoms with Crippen molar-refractivity contribution in [2.45, 2.75) is 46.7 Å². The highest BCUT2D eigenvalue weighted by molar-refractivity contribution is 6.00. The normalized spacial score (nSPS) is 12.4. The van der Waals surface area contributed by atoms with E-state index in [2.05, 4.69) is 20.6 Å². The van der Waals surface area contributed by atoms with Crippen LogP contribution in [-0.4, -0.2) is 42.4 Å². The van der Waals surface area contributed by atoms with Gasteiger partial charge in [-0.2, -0.15) is 4.68 Å². The molecule has 0 saturated heterocycles. The second kappa shape index (κ2) is 8.93. The number of carbonyl (C=O) groups is 2. The monoisotopic (exact) mass is 446 g/mol. The molecule has 3 aromatic heterocycles. The average Bonchev–Trinajstić information content (AvgIpc) is 3.22. The molecule has 0 aliphatic carbocycles. The van der Waals surface area contributed by atoms with Crippen molar-refractivity contribution in [1.29, 1.82) is 0 Å².